The van der Waals surface area contributed by atoms with Gasteiger partial charge < -0.3 is 10.8 Å². The third-order valence-electron chi connectivity index (χ3n) is 1.21. The van der Waals surface area contributed by atoms with Gasteiger partial charge in [0.05, 0.1) is 11.3 Å². The molecule has 1 aromatic heterocycles. The minimum Gasteiger partial charge on any atom is -0.478 e. The molecule has 1 rings (SSSR count). The van der Waals surface area contributed by atoms with Gasteiger partial charge in [-0.15, -0.1) is 0 Å². The summed E-state index contributed by atoms with van der Waals surface area (Å²) in [5.74, 6) is -1.13. The van der Waals surface area contributed by atoms with Gasteiger partial charge in [-0.1, -0.05) is 11.6 Å². The van der Waals surface area contributed by atoms with E-state index in [0.29, 0.717) is 4.60 Å². The lowest BCUT2D eigenvalue weighted by Crippen LogP contribution is -2.04. The fourth-order valence-electron chi connectivity index (χ4n) is 0.671. The molecule has 12 heavy (non-hydrogen) atoms. The van der Waals surface area contributed by atoms with E-state index in [1.807, 2.05) is 0 Å². The molecule has 0 bridgehead atoms. The molecule has 64 valence electrons. The van der Waals surface area contributed by atoms with Gasteiger partial charge in [-0.05, 0) is 22.0 Å². The van der Waals surface area contributed by atoms with E-state index in [0.717, 1.165) is 0 Å². The van der Waals surface area contributed by atoms with Crippen LogP contribution in [0.1, 0.15) is 10.4 Å². The van der Waals surface area contributed by atoms with Crippen LogP contribution in [0.25, 0.3) is 0 Å². The summed E-state index contributed by atoms with van der Waals surface area (Å²) in [6, 6.07) is 1.30. The third kappa shape index (κ3) is 1.67. The van der Waals surface area contributed by atoms with Crippen LogP contribution in [0.3, 0.4) is 0 Å². The number of carboxylic acid groups (broad SMARTS) is 1. The van der Waals surface area contributed by atoms with Crippen molar-refractivity contribution < 1.29 is 9.90 Å². The van der Waals surface area contributed by atoms with Crippen LogP contribution < -0.4 is 5.73 Å². The lowest BCUT2D eigenvalue weighted by molar-refractivity contribution is 0.0698. The monoisotopic (exact) mass is 250 g/mol. The molecule has 0 aromatic carbocycles. The van der Waals surface area contributed by atoms with Crippen LogP contribution in [0.4, 0.5) is 5.69 Å². The molecular weight excluding hydrogens is 247 g/mol. The summed E-state index contributed by atoms with van der Waals surface area (Å²) in [4.78, 5) is 14.2. The number of aromatic carboxylic acids is 1. The summed E-state index contributed by atoms with van der Waals surface area (Å²) in [6.07, 6.45) is 0. The second-order valence-corrected chi connectivity index (χ2v) is 3.17. The van der Waals surface area contributed by atoms with Crippen molar-refractivity contribution in [3.05, 3.63) is 21.4 Å². The maximum absolute atomic E-state index is 10.5. The predicted molar refractivity (Wildman–Crippen MR) is 48.3 cm³/mol. The molecule has 6 heteroatoms. The Hall–Kier alpha value is -0.810. The van der Waals surface area contributed by atoms with Crippen molar-refractivity contribution in [2.75, 3.05) is 5.73 Å². The van der Waals surface area contributed by atoms with Crippen molar-refractivity contribution in [2.24, 2.45) is 0 Å². The molecule has 0 aliphatic carbocycles. The molecule has 0 fully saturated rings. The average Bonchev–Trinajstić information content (AvgIpc) is 1.96. The number of halogens is 2. The molecule has 1 aromatic rings. The van der Waals surface area contributed by atoms with Crippen LogP contribution in [-0.2, 0) is 0 Å². The number of hydrogen-bond donors (Lipinski definition) is 2. The fourth-order valence-corrected chi connectivity index (χ4v) is 1.37. The highest BCUT2D eigenvalue weighted by molar-refractivity contribution is 9.10. The van der Waals surface area contributed by atoms with Crippen LogP contribution in [0.15, 0.2) is 10.7 Å². The number of aromatic nitrogens is 1. The SMILES string of the molecule is Nc1c(C(=O)O)cc(Br)nc1Cl. The number of nitrogens with two attached hydrogens (primary N) is 1. The van der Waals surface area contributed by atoms with Crippen LogP contribution in [0.5, 0.6) is 0 Å². The zero-order valence-corrected chi connectivity index (χ0v) is 8.06. The Bertz CT molecular complexity index is 343. The number of carboxylic acids is 1. The van der Waals surface area contributed by atoms with Crippen LogP contribution in [-0.4, -0.2) is 16.1 Å². The van der Waals surface area contributed by atoms with Gasteiger partial charge in [-0.3, -0.25) is 0 Å². The first kappa shape index (κ1) is 9.28. The normalized spacial score (nSPS) is 9.83. The van der Waals surface area contributed by atoms with Crippen LogP contribution in [0, 0.1) is 0 Å². The molecule has 0 atom stereocenters. The molecule has 0 aliphatic rings. The number of rotatable bonds is 1. The van der Waals surface area contributed by atoms with Gasteiger partial charge in [-0.2, -0.15) is 0 Å². The molecule has 0 radical (unpaired) electrons. The highest BCUT2D eigenvalue weighted by atomic mass is 79.9. The van der Waals surface area contributed by atoms with Crippen molar-refractivity contribution >= 4 is 39.2 Å². The van der Waals surface area contributed by atoms with Crippen molar-refractivity contribution in [2.45, 2.75) is 0 Å². The zero-order valence-electron chi connectivity index (χ0n) is 5.71. The molecule has 0 spiro atoms. The number of pyridine rings is 1. The van der Waals surface area contributed by atoms with Crippen molar-refractivity contribution in [1.29, 1.82) is 0 Å². The standard InChI is InChI=1S/C6H4BrClN2O2/c7-3-1-2(6(11)12)4(9)5(8)10-3/h1H,9H2,(H,11,12). The molecule has 0 saturated carbocycles. The van der Waals surface area contributed by atoms with E-state index in [4.69, 9.17) is 22.4 Å². The number of nitrogens with zero attached hydrogens (tertiary/aromatic N) is 1. The first-order chi connectivity index (χ1) is 5.52. The summed E-state index contributed by atoms with van der Waals surface area (Å²) in [6.45, 7) is 0. The molecule has 0 unspecified atom stereocenters. The molecule has 1 heterocycles. The van der Waals surface area contributed by atoms with Gasteiger partial charge in [0.15, 0.2) is 5.15 Å². The quantitative estimate of drug-likeness (QED) is 0.746. The van der Waals surface area contributed by atoms with Gasteiger partial charge in [0, 0.05) is 0 Å². The zero-order chi connectivity index (χ0) is 9.30. The lowest BCUT2D eigenvalue weighted by Gasteiger charge is -2.02. The Morgan fingerprint density at radius 1 is 1.75 bits per heavy atom. The van der Waals surface area contributed by atoms with E-state index in [1.165, 1.54) is 6.07 Å². The largest absolute Gasteiger partial charge is 0.478 e. The number of nitrogen functional groups attached to an aromatic ring is 1. The van der Waals surface area contributed by atoms with Gasteiger partial charge in [0.25, 0.3) is 0 Å². The average molecular weight is 251 g/mol. The summed E-state index contributed by atoms with van der Waals surface area (Å²) >= 11 is 8.53. The topological polar surface area (TPSA) is 76.2 Å². The lowest BCUT2D eigenvalue weighted by atomic mass is 10.2. The van der Waals surface area contributed by atoms with Crippen molar-refractivity contribution in [1.82, 2.24) is 4.98 Å². The molecular formula is C6H4BrClN2O2. The van der Waals surface area contributed by atoms with Gasteiger partial charge in [-0.25, -0.2) is 9.78 Å². The van der Waals surface area contributed by atoms with E-state index < -0.39 is 5.97 Å². The second kappa shape index (κ2) is 3.28. The van der Waals surface area contributed by atoms with Gasteiger partial charge >= 0.3 is 5.97 Å². The van der Waals surface area contributed by atoms with E-state index in [2.05, 4.69) is 20.9 Å². The smallest absolute Gasteiger partial charge is 0.338 e. The Kier molecular flexibility index (Phi) is 2.54. The molecule has 0 aliphatic heterocycles. The Labute approximate surface area is 81.5 Å². The summed E-state index contributed by atoms with van der Waals surface area (Å²) in [5.41, 5.74) is 5.28. The van der Waals surface area contributed by atoms with Gasteiger partial charge in [0.2, 0.25) is 0 Å². The Morgan fingerprint density at radius 2 is 2.33 bits per heavy atom. The Morgan fingerprint density at radius 3 is 2.83 bits per heavy atom. The predicted octanol–water partition coefficient (Wildman–Crippen LogP) is 1.78. The van der Waals surface area contributed by atoms with E-state index in [1.54, 1.807) is 0 Å². The number of hydrogen-bond acceptors (Lipinski definition) is 3. The van der Waals surface area contributed by atoms with Crippen LogP contribution in [0.2, 0.25) is 5.15 Å². The Balaban J connectivity index is 3.37. The molecule has 3 N–H and O–H groups in total. The fraction of sp³-hybridized carbons (Fsp3) is 0. The number of carbonyl (C=O) groups is 1. The maximum Gasteiger partial charge on any atom is 0.338 e. The van der Waals surface area contributed by atoms with E-state index in [9.17, 15) is 4.79 Å². The number of anilines is 1. The second-order valence-electron chi connectivity index (χ2n) is 2.00. The summed E-state index contributed by atoms with van der Waals surface area (Å²) < 4.78 is 0.346. The maximum atomic E-state index is 10.5. The summed E-state index contributed by atoms with van der Waals surface area (Å²) in [5, 5.41) is 8.62. The van der Waals surface area contributed by atoms with Crippen molar-refractivity contribution in [3.63, 3.8) is 0 Å². The molecule has 0 amide bonds. The molecule has 0 saturated heterocycles. The van der Waals surface area contributed by atoms with E-state index in [-0.39, 0.29) is 16.4 Å². The highest BCUT2D eigenvalue weighted by Crippen LogP contribution is 2.23. The minimum absolute atomic E-state index is 0.0122. The highest BCUT2D eigenvalue weighted by Gasteiger charge is 2.12. The van der Waals surface area contributed by atoms with Crippen LogP contribution >= 0.6 is 27.5 Å². The summed E-state index contributed by atoms with van der Waals surface area (Å²) in [7, 11) is 0. The first-order valence-electron chi connectivity index (χ1n) is 2.87. The van der Waals surface area contributed by atoms with E-state index >= 15 is 0 Å². The minimum atomic E-state index is -1.13. The molecule has 4 nitrogen and oxygen atoms in total. The third-order valence-corrected chi connectivity index (χ3v) is 1.91. The first-order valence-corrected chi connectivity index (χ1v) is 4.04. The van der Waals surface area contributed by atoms with Gasteiger partial charge in [0.1, 0.15) is 4.60 Å². The van der Waals surface area contributed by atoms with Crippen molar-refractivity contribution in [3.8, 4) is 0 Å².